The summed E-state index contributed by atoms with van der Waals surface area (Å²) in [5.41, 5.74) is 1.43. The van der Waals surface area contributed by atoms with Gasteiger partial charge in [0.2, 0.25) is 11.8 Å². The molecule has 0 spiro atoms. The normalized spacial score (nSPS) is 15.0. The lowest BCUT2D eigenvalue weighted by Gasteiger charge is -2.34. The fraction of sp³-hybridized carbons (Fsp3) is 0.429. The Bertz CT molecular complexity index is 663. The minimum atomic E-state index is 0.0115. The van der Waals surface area contributed by atoms with Crippen LogP contribution in [0.15, 0.2) is 18.5 Å². The van der Waals surface area contributed by atoms with Crippen LogP contribution in [0, 0.1) is 6.92 Å². The van der Waals surface area contributed by atoms with Crippen molar-refractivity contribution in [1.29, 1.82) is 0 Å². The molecule has 0 aliphatic carbocycles. The topological polar surface area (TPSA) is 87.2 Å². The number of H-pyrrole nitrogens is 1. The molecule has 8 nitrogen and oxygen atoms in total. The van der Waals surface area contributed by atoms with Crippen molar-refractivity contribution in [3.8, 4) is 5.88 Å². The highest BCUT2D eigenvalue weighted by atomic mass is 16.5. The predicted molar refractivity (Wildman–Crippen MR) is 80.0 cm³/mol. The first-order valence-electron chi connectivity index (χ1n) is 7.10. The summed E-state index contributed by atoms with van der Waals surface area (Å²) in [5, 5.41) is 6.70. The third-order valence-electron chi connectivity index (χ3n) is 3.74. The van der Waals surface area contributed by atoms with Gasteiger partial charge in [-0.05, 0) is 6.92 Å². The highest BCUT2D eigenvalue weighted by Gasteiger charge is 2.25. The van der Waals surface area contributed by atoms with Gasteiger partial charge in [-0.2, -0.15) is 10.1 Å². The van der Waals surface area contributed by atoms with Crippen molar-refractivity contribution in [2.45, 2.75) is 6.92 Å². The van der Waals surface area contributed by atoms with Crippen LogP contribution < -0.4 is 9.64 Å². The number of anilines is 1. The second-order valence-corrected chi connectivity index (χ2v) is 5.09. The van der Waals surface area contributed by atoms with Crippen LogP contribution in [-0.2, 0) is 0 Å². The molecule has 1 aliphatic rings. The number of methoxy groups -OCH3 is 1. The molecule has 0 bridgehead atoms. The van der Waals surface area contributed by atoms with Gasteiger partial charge in [-0.15, -0.1) is 0 Å². The minimum absolute atomic E-state index is 0.0115. The SMILES string of the molecule is COc1ccnc(N2CCN(C(=O)c3cn[nH]c3C)CC2)n1. The van der Waals surface area contributed by atoms with E-state index in [2.05, 4.69) is 25.1 Å². The Hall–Kier alpha value is -2.64. The maximum Gasteiger partial charge on any atom is 0.257 e. The van der Waals surface area contributed by atoms with Crippen molar-refractivity contribution in [3.05, 3.63) is 29.7 Å². The fourth-order valence-electron chi connectivity index (χ4n) is 2.44. The number of aryl methyl sites for hydroxylation is 1. The molecule has 22 heavy (non-hydrogen) atoms. The van der Waals surface area contributed by atoms with Crippen LogP contribution in [0.5, 0.6) is 5.88 Å². The molecule has 8 heteroatoms. The molecule has 0 radical (unpaired) electrons. The summed E-state index contributed by atoms with van der Waals surface area (Å²) in [6, 6.07) is 1.71. The summed E-state index contributed by atoms with van der Waals surface area (Å²) in [7, 11) is 1.58. The molecule has 1 fully saturated rings. The Balaban J connectivity index is 1.65. The number of aromatic nitrogens is 4. The summed E-state index contributed by atoms with van der Waals surface area (Å²) in [5.74, 6) is 1.18. The van der Waals surface area contributed by atoms with Crippen LogP contribution in [0.1, 0.15) is 16.1 Å². The molecule has 3 heterocycles. The van der Waals surface area contributed by atoms with E-state index in [1.165, 1.54) is 0 Å². The molecule has 0 unspecified atom stereocenters. The van der Waals surface area contributed by atoms with E-state index in [0.717, 1.165) is 5.69 Å². The van der Waals surface area contributed by atoms with Gasteiger partial charge in [0.15, 0.2) is 0 Å². The standard InChI is InChI=1S/C14H18N6O2/c1-10-11(9-16-18-10)13(21)19-5-7-20(8-6-19)14-15-4-3-12(17-14)22-2/h3-4,9H,5-8H2,1-2H3,(H,16,18). The Morgan fingerprint density at radius 2 is 2.09 bits per heavy atom. The van der Waals surface area contributed by atoms with Crippen LogP contribution in [0.4, 0.5) is 5.95 Å². The number of ether oxygens (including phenoxy) is 1. The molecule has 1 saturated heterocycles. The number of aromatic amines is 1. The largest absolute Gasteiger partial charge is 0.481 e. The van der Waals surface area contributed by atoms with Crippen molar-refractivity contribution in [3.63, 3.8) is 0 Å². The number of rotatable bonds is 3. The fourth-order valence-corrected chi connectivity index (χ4v) is 2.44. The number of amides is 1. The van der Waals surface area contributed by atoms with Gasteiger partial charge in [0.05, 0.1) is 18.9 Å². The van der Waals surface area contributed by atoms with Gasteiger partial charge >= 0.3 is 0 Å². The zero-order valence-corrected chi connectivity index (χ0v) is 12.6. The zero-order chi connectivity index (χ0) is 15.5. The van der Waals surface area contributed by atoms with Gasteiger partial charge in [0, 0.05) is 44.1 Å². The number of hydrogen-bond donors (Lipinski definition) is 1. The first-order valence-corrected chi connectivity index (χ1v) is 7.10. The van der Waals surface area contributed by atoms with E-state index < -0.39 is 0 Å². The zero-order valence-electron chi connectivity index (χ0n) is 12.6. The maximum atomic E-state index is 12.4. The average molecular weight is 302 g/mol. The number of piperazine rings is 1. The van der Waals surface area contributed by atoms with Crippen molar-refractivity contribution >= 4 is 11.9 Å². The number of carbonyl (C=O) groups excluding carboxylic acids is 1. The molecule has 2 aromatic rings. The number of nitrogens with zero attached hydrogens (tertiary/aromatic N) is 5. The van der Waals surface area contributed by atoms with Crippen LogP contribution in [0.2, 0.25) is 0 Å². The summed E-state index contributed by atoms with van der Waals surface area (Å²) in [6.45, 7) is 4.49. The predicted octanol–water partition coefficient (Wildman–Crippen LogP) is 0.479. The lowest BCUT2D eigenvalue weighted by atomic mass is 10.2. The second-order valence-electron chi connectivity index (χ2n) is 5.09. The average Bonchev–Trinajstić information content (AvgIpc) is 3.00. The Kier molecular flexibility index (Phi) is 3.90. The number of hydrogen-bond acceptors (Lipinski definition) is 6. The van der Waals surface area contributed by atoms with Crippen molar-refractivity contribution < 1.29 is 9.53 Å². The molecular formula is C14H18N6O2. The quantitative estimate of drug-likeness (QED) is 0.887. The Morgan fingerprint density at radius 3 is 2.73 bits per heavy atom. The van der Waals surface area contributed by atoms with Crippen molar-refractivity contribution in [1.82, 2.24) is 25.1 Å². The monoisotopic (exact) mass is 302 g/mol. The molecule has 1 aliphatic heterocycles. The van der Waals surface area contributed by atoms with Gasteiger partial charge < -0.3 is 14.5 Å². The lowest BCUT2D eigenvalue weighted by Crippen LogP contribution is -2.49. The van der Waals surface area contributed by atoms with Crippen LogP contribution in [0.3, 0.4) is 0 Å². The smallest absolute Gasteiger partial charge is 0.257 e. The summed E-state index contributed by atoms with van der Waals surface area (Å²) in [4.78, 5) is 24.9. The Labute approximate surface area is 128 Å². The van der Waals surface area contributed by atoms with Crippen LogP contribution in [-0.4, -0.2) is 64.3 Å². The molecule has 3 rings (SSSR count). The van der Waals surface area contributed by atoms with Crippen LogP contribution in [0.25, 0.3) is 0 Å². The summed E-state index contributed by atoms with van der Waals surface area (Å²) >= 11 is 0. The van der Waals surface area contributed by atoms with Crippen molar-refractivity contribution in [2.24, 2.45) is 0 Å². The first-order chi connectivity index (χ1) is 10.7. The number of carbonyl (C=O) groups is 1. The molecular weight excluding hydrogens is 284 g/mol. The van der Waals surface area contributed by atoms with E-state index in [4.69, 9.17) is 4.74 Å². The molecule has 0 saturated carbocycles. The second kappa shape index (κ2) is 6.00. The van der Waals surface area contributed by atoms with Crippen molar-refractivity contribution in [2.75, 3.05) is 38.2 Å². The van der Waals surface area contributed by atoms with Gasteiger partial charge in [-0.25, -0.2) is 4.98 Å². The third-order valence-corrected chi connectivity index (χ3v) is 3.74. The van der Waals surface area contributed by atoms with E-state index in [0.29, 0.717) is 43.6 Å². The summed E-state index contributed by atoms with van der Waals surface area (Å²) in [6.07, 6.45) is 3.25. The first kappa shape index (κ1) is 14.3. The highest BCUT2D eigenvalue weighted by molar-refractivity contribution is 5.95. The number of nitrogens with one attached hydrogen (secondary N) is 1. The van der Waals surface area contributed by atoms with E-state index in [1.54, 1.807) is 25.6 Å². The summed E-state index contributed by atoms with van der Waals surface area (Å²) < 4.78 is 5.11. The lowest BCUT2D eigenvalue weighted by molar-refractivity contribution is 0.0745. The maximum absolute atomic E-state index is 12.4. The molecule has 0 atom stereocenters. The molecule has 1 amide bonds. The van der Waals surface area contributed by atoms with E-state index in [9.17, 15) is 4.79 Å². The molecule has 116 valence electrons. The van der Waals surface area contributed by atoms with E-state index >= 15 is 0 Å². The van der Waals surface area contributed by atoms with Gasteiger partial charge in [-0.3, -0.25) is 9.89 Å². The van der Waals surface area contributed by atoms with Gasteiger partial charge in [0.1, 0.15) is 0 Å². The molecule has 1 N–H and O–H groups in total. The minimum Gasteiger partial charge on any atom is -0.481 e. The third kappa shape index (κ3) is 2.72. The molecule has 0 aromatic carbocycles. The van der Waals surface area contributed by atoms with E-state index in [1.807, 2.05) is 11.8 Å². The molecule has 2 aromatic heterocycles. The highest BCUT2D eigenvalue weighted by Crippen LogP contribution is 2.16. The van der Waals surface area contributed by atoms with Gasteiger partial charge in [-0.1, -0.05) is 0 Å². The van der Waals surface area contributed by atoms with Gasteiger partial charge in [0.25, 0.3) is 5.91 Å². The van der Waals surface area contributed by atoms with E-state index in [-0.39, 0.29) is 5.91 Å². The van der Waals surface area contributed by atoms with Crippen LogP contribution >= 0.6 is 0 Å². The Morgan fingerprint density at radius 1 is 1.32 bits per heavy atom.